The van der Waals surface area contributed by atoms with Gasteiger partial charge in [-0.1, -0.05) is 6.07 Å². The van der Waals surface area contributed by atoms with E-state index >= 15 is 0 Å². The van der Waals surface area contributed by atoms with E-state index < -0.39 is 11.4 Å². The quantitative estimate of drug-likeness (QED) is 0.759. The molecule has 1 aliphatic rings. The van der Waals surface area contributed by atoms with Crippen molar-refractivity contribution in [2.75, 3.05) is 0 Å². The molecule has 1 aromatic carbocycles. The summed E-state index contributed by atoms with van der Waals surface area (Å²) in [4.78, 5) is 14.4. The summed E-state index contributed by atoms with van der Waals surface area (Å²) < 4.78 is 19.4. The predicted octanol–water partition coefficient (Wildman–Crippen LogP) is 2.38. The number of fused-ring (bicyclic) bond motifs is 3. The predicted molar refractivity (Wildman–Crippen MR) is 62.9 cm³/mol. The van der Waals surface area contributed by atoms with Gasteiger partial charge in [0.1, 0.15) is 17.2 Å². The van der Waals surface area contributed by atoms with Gasteiger partial charge in [0.25, 0.3) is 5.56 Å². The van der Waals surface area contributed by atoms with Crippen molar-refractivity contribution in [3.63, 3.8) is 0 Å². The summed E-state index contributed by atoms with van der Waals surface area (Å²) >= 11 is 0. The van der Waals surface area contributed by atoms with Crippen LogP contribution in [0.25, 0.3) is 10.9 Å². The average molecular weight is 233 g/mol. The second kappa shape index (κ2) is 3.09. The van der Waals surface area contributed by atoms with E-state index in [1.807, 2.05) is 13.8 Å². The summed E-state index contributed by atoms with van der Waals surface area (Å²) in [7, 11) is 0. The van der Waals surface area contributed by atoms with E-state index in [4.69, 9.17) is 4.74 Å². The number of benzene rings is 1. The fourth-order valence-corrected chi connectivity index (χ4v) is 2.31. The van der Waals surface area contributed by atoms with Crippen LogP contribution >= 0.6 is 0 Å². The Labute approximate surface area is 97.2 Å². The van der Waals surface area contributed by atoms with Crippen LogP contribution < -0.4 is 10.3 Å². The molecule has 0 atom stereocenters. The Balaban J connectivity index is 2.42. The molecule has 0 unspecified atom stereocenters. The summed E-state index contributed by atoms with van der Waals surface area (Å²) in [5, 5.41) is 0.630. The number of aromatic nitrogens is 1. The molecule has 3 nitrogen and oxygen atoms in total. The molecule has 3 rings (SSSR count). The maximum atomic E-state index is 13.6. The van der Waals surface area contributed by atoms with Crippen molar-refractivity contribution in [1.29, 1.82) is 0 Å². The Hall–Kier alpha value is -1.84. The van der Waals surface area contributed by atoms with Gasteiger partial charge in [0.05, 0.1) is 11.1 Å². The molecule has 0 spiro atoms. The van der Waals surface area contributed by atoms with Crippen molar-refractivity contribution in [3.05, 3.63) is 39.9 Å². The average Bonchev–Trinajstić information content (AvgIpc) is 2.57. The van der Waals surface area contributed by atoms with Crippen molar-refractivity contribution in [2.24, 2.45) is 0 Å². The first-order valence-electron chi connectivity index (χ1n) is 5.50. The Bertz CT molecular complexity index is 673. The lowest BCUT2D eigenvalue weighted by atomic mass is 10.0. The van der Waals surface area contributed by atoms with E-state index in [1.165, 1.54) is 6.07 Å². The van der Waals surface area contributed by atoms with Crippen molar-refractivity contribution in [2.45, 2.75) is 25.9 Å². The third-order valence-electron chi connectivity index (χ3n) is 3.03. The number of hydrogen-bond donors (Lipinski definition) is 1. The van der Waals surface area contributed by atoms with Gasteiger partial charge in [-0.05, 0) is 26.0 Å². The maximum Gasteiger partial charge on any atom is 0.255 e. The topological polar surface area (TPSA) is 42.1 Å². The Kier molecular flexibility index (Phi) is 1.88. The number of aromatic amines is 1. The van der Waals surface area contributed by atoms with Crippen molar-refractivity contribution < 1.29 is 9.13 Å². The zero-order chi connectivity index (χ0) is 12.2. The molecule has 4 heteroatoms. The van der Waals surface area contributed by atoms with Crippen molar-refractivity contribution >= 4 is 10.9 Å². The van der Waals surface area contributed by atoms with Gasteiger partial charge in [-0.25, -0.2) is 4.39 Å². The van der Waals surface area contributed by atoms with Crippen LogP contribution in [-0.2, 0) is 6.42 Å². The van der Waals surface area contributed by atoms with Crippen LogP contribution in [0.15, 0.2) is 23.0 Å². The van der Waals surface area contributed by atoms with Crippen LogP contribution in [0.3, 0.4) is 0 Å². The number of nitrogens with one attached hydrogen (secondary N) is 1. The van der Waals surface area contributed by atoms with E-state index in [1.54, 1.807) is 12.1 Å². The molecule has 1 aromatic heterocycles. The zero-order valence-electron chi connectivity index (χ0n) is 9.63. The SMILES string of the molecule is CC1(C)Cc2c(c3cccc(F)c3[nH]c2=O)O1. The molecule has 2 aromatic rings. The number of rotatable bonds is 0. The summed E-state index contributed by atoms with van der Waals surface area (Å²) in [6, 6.07) is 4.70. The lowest BCUT2D eigenvalue weighted by Gasteiger charge is -2.17. The van der Waals surface area contributed by atoms with Gasteiger partial charge in [0, 0.05) is 11.8 Å². The molecule has 0 amide bonds. The second-order valence-corrected chi connectivity index (χ2v) is 4.96. The number of hydrogen-bond acceptors (Lipinski definition) is 2. The second-order valence-electron chi connectivity index (χ2n) is 4.96. The maximum absolute atomic E-state index is 13.6. The van der Waals surface area contributed by atoms with Gasteiger partial charge < -0.3 is 9.72 Å². The van der Waals surface area contributed by atoms with Gasteiger partial charge in [-0.15, -0.1) is 0 Å². The number of halogens is 1. The molecule has 0 saturated heterocycles. The molecule has 0 fully saturated rings. The van der Waals surface area contributed by atoms with Crippen molar-refractivity contribution in [3.8, 4) is 5.75 Å². The minimum Gasteiger partial charge on any atom is -0.486 e. The van der Waals surface area contributed by atoms with Gasteiger partial charge in [0.15, 0.2) is 0 Å². The first kappa shape index (κ1) is 10.3. The Morgan fingerprint density at radius 2 is 2.18 bits per heavy atom. The number of ether oxygens (including phenoxy) is 1. The molecule has 0 bridgehead atoms. The van der Waals surface area contributed by atoms with Crippen LogP contribution in [0.4, 0.5) is 4.39 Å². The molecule has 2 heterocycles. The summed E-state index contributed by atoms with van der Waals surface area (Å²) in [6.45, 7) is 3.83. The van der Waals surface area contributed by atoms with Gasteiger partial charge in [0.2, 0.25) is 0 Å². The minimum absolute atomic E-state index is 0.217. The first-order chi connectivity index (χ1) is 7.98. The lowest BCUT2D eigenvalue weighted by molar-refractivity contribution is 0.140. The molecule has 0 saturated carbocycles. The van der Waals surface area contributed by atoms with Crippen LogP contribution in [0, 0.1) is 5.82 Å². The number of pyridine rings is 1. The third-order valence-corrected chi connectivity index (χ3v) is 3.03. The highest BCUT2D eigenvalue weighted by Gasteiger charge is 2.33. The molecular weight excluding hydrogens is 221 g/mol. The minimum atomic E-state index is -0.435. The number of para-hydroxylation sites is 1. The highest BCUT2D eigenvalue weighted by molar-refractivity contribution is 5.87. The van der Waals surface area contributed by atoms with Crippen LogP contribution in [0.5, 0.6) is 5.75 Å². The standard InChI is InChI=1S/C13H12FNO2/c1-13(2)6-8-11(17-13)7-4-3-5-9(14)10(7)15-12(8)16/h3-5H,6H2,1-2H3,(H,15,16). The largest absolute Gasteiger partial charge is 0.486 e. The molecule has 1 aliphatic heterocycles. The number of H-pyrrole nitrogens is 1. The third kappa shape index (κ3) is 1.44. The van der Waals surface area contributed by atoms with Crippen LogP contribution in [0.1, 0.15) is 19.4 Å². The normalized spacial score (nSPS) is 16.9. The summed E-state index contributed by atoms with van der Waals surface area (Å²) in [6.07, 6.45) is 0.546. The fraction of sp³-hybridized carbons (Fsp3) is 0.308. The molecule has 0 radical (unpaired) electrons. The fourth-order valence-electron chi connectivity index (χ4n) is 2.31. The highest BCUT2D eigenvalue weighted by atomic mass is 19.1. The Morgan fingerprint density at radius 3 is 2.94 bits per heavy atom. The van der Waals surface area contributed by atoms with E-state index in [2.05, 4.69) is 4.98 Å². The van der Waals surface area contributed by atoms with Gasteiger partial charge in [-0.2, -0.15) is 0 Å². The van der Waals surface area contributed by atoms with Gasteiger partial charge in [-0.3, -0.25) is 4.79 Å². The van der Waals surface area contributed by atoms with E-state index in [0.717, 1.165) is 0 Å². The first-order valence-corrected chi connectivity index (χ1v) is 5.50. The summed E-state index contributed by atoms with van der Waals surface area (Å²) in [5.41, 5.74) is 0.154. The van der Waals surface area contributed by atoms with Crippen LogP contribution in [-0.4, -0.2) is 10.6 Å². The monoisotopic (exact) mass is 233 g/mol. The molecule has 1 N–H and O–H groups in total. The molecule has 0 aliphatic carbocycles. The van der Waals surface area contributed by atoms with E-state index in [0.29, 0.717) is 23.1 Å². The van der Waals surface area contributed by atoms with E-state index in [-0.39, 0.29) is 11.1 Å². The zero-order valence-corrected chi connectivity index (χ0v) is 9.63. The molecular formula is C13H12FNO2. The van der Waals surface area contributed by atoms with Gasteiger partial charge >= 0.3 is 0 Å². The van der Waals surface area contributed by atoms with Crippen LogP contribution in [0.2, 0.25) is 0 Å². The van der Waals surface area contributed by atoms with Crippen molar-refractivity contribution in [1.82, 2.24) is 4.98 Å². The Morgan fingerprint density at radius 1 is 1.41 bits per heavy atom. The lowest BCUT2D eigenvalue weighted by Crippen LogP contribution is -2.25. The van der Waals surface area contributed by atoms with E-state index in [9.17, 15) is 9.18 Å². The summed E-state index contributed by atoms with van der Waals surface area (Å²) in [5.74, 6) is 0.0870. The smallest absolute Gasteiger partial charge is 0.255 e. The highest BCUT2D eigenvalue weighted by Crippen LogP contribution is 2.37. The molecule has 88 valence electrons. The molecule has 17 heavy (non-hydrogen) atoms.